The van der Waals surface area contributed by atoms with Crippen LogP contribution in [0.25, 0.3) is 0 Å². The Kier molecular flexibility index (Phi) is 3.67. The van der Waals surface area contributed by atoms with Gasteiger partial charge in [-0.2, -0.15) is 5.26 Å². The third-order valence-electron chi connectivity index (χ3n) is 2.82. The van der Waals surface area contributed by atoms with E-state index in [0.717, 1.165) is 16.8 Å². The minimum absolute atomic E-state index is 0.0526. The van der Waals surface area contributed by atoms with Crippen LogP contribution in [0.1, 0.15) is 16.7 Å². The van der Waals surface area contributed by atoms with E-state index in [-0.39, 0.29) is 5.69 Å². The molecule has 2 rings (SSSR count). The number of nitrogens with one attached hydrogen (secondary N) is 1. The average molecular weight is 267 g/mol. The molecular weight excluding hydrogens is 254 g/mol. The van der Waals surface area contributed by atoms with Crippen molar-refractivity contribution in [2.45, 2.75) is 13.8 Å². The number of nitro groups is 1. The van der Waals surface area contributed by atoms with Crippen LogP contribution in [0.5, 0.6) is 0 Å². The summed E-state index contributed by atoms with van der Waals surface area (Å²) >= 11 is 0. The number of aryl methyl sites for hydroxylation is 2. The average Bonchev–Trinajstić information content (AvgIpc) is 2.37. The Balaban J connectivity index is 2.46. The summed E-state index contributed by atoms with van der Waals surface area (Å²) in [7, 11) is 0. The molecule has 2 aromatic carbocycles. The number of nitrogens with zero attached hydrogens (tertiary/aromatic N) is 2. The van der Waals surface area contributed by atoms with Gasteiger partial charge in [0.25, 0.3) is 5.69 Å². The van der Waals surface area contributed by atoms with Gasteiger partial charge in [0.15, 0.2) is 0 Å². The van der Waals surface area contributed by atoms with E-state index in [2.05, 4.69) is 5.32 Å². The minimum Gasteiger partial charge on any atom is -0.350 e. The maximum atomic E-state index is 11.0. The third-order valence-corrected chi connectivity index (χ3v) is 2.82. The van der Waals surface area contributed by atoms with Crippen molar-refractivity contribution in [3.05, 3.63) is 63.2 Å². The van der Waals surface area contributed by atoms with Gasteiger partial charge in [0.2, 0.25) is 0 Å². The Bertz CT molecular complexity index is 697. The first-order valence-electron chi connectivity index (χ1n) is 6.03. The van der Waals surface area contributed by atoms with Crippen LogP contribution in [0.15, 0.2) is 36.4 Å². The van der Waals surface area contributed by atoms with Crippen molar-refractivity contribution in [3.63, 3.8) is 0 Å². The fourth-order valence-electron chi connectivity index (χ4n) is 2.07. The molecule has 0 unspecified atom stereocenters. The lowest BCUT2D eigenvalue weighted by Gasteiger charge is -2.09. The maximum Gasteiger partial charge on any atom is 0.292 e. The number of benzene rings is 2. The maximum absolute atomic E-state index is 11.0. The zero-order valence-electron chi connectivity index (χ0n) is 11.2. The Morgan fingerprint density at radius 3 is 2.35 bits per heavy atom. The molecule has 0 saturated carbocycles. The number of nitriles is 1. The molecule has 0 saturated heterocycles. The van der Waals surface area contributed by atoms with E-state index < -0.39 is 4.92 Å². The van der Waals surface area contributed by atoms with Gasteiger partial charge in [0.05, 0.1) is 16.6 Å². The summed E-state index contributed by atoms with van der Waals surface area (Å²) < 4.78 is 0. The molecule has 1 N–H and O–H groups in total. The molecule has 100 valence electrons. The fraction of sp³-hybridized carbons (Fsp3) is 0.133. The predicted molar refractivity (Wildman–Crippen MR) is 77.0 cm³/mol. The molecule has 2 aromatic rings. The summed E-state index contributed by atoms with van der Waals surface area (Å²) in [6, 6.07) is 12.0. The lowest BCUT2D eigenvalue weighted by atomic mass is 10.1. The second kappa shape index (κ2) is 5.41. The van der Waals surface area contributed by atoms with Crippen LogP contribution in [-0.2, 0) is 0 Å². The Hall–Kier alpha value is -2.87. The van der Waals surface area contributed by atoms with Crippen molar-refractivity contribution >= 4 is 17.1 Å². The van der Waals surface area contributed by atoms with E-state index in [1.807, 2.05) is 38.1 Å². The minimum atomic E-state index is -0.466. The molecule has 0 heterocycles. The lowest BCUT2D eigenvalue weighted by molar-refractivity contribution is -0.383. The van der Waals surface area contributed by atoms with Gasteiger partial charge < -0.3 is 5.32 Å². The zero-order valence-corrected chi connectivity index (χ0v) is 11.2. The van der Waals surface area contributed by atoms with Crippen molar-refractivity contribution in [1.29, 1.82) is 5.26 Å². The van der Waals surface area contributed by atoms with Crippen LogP contribution in [-0.4, -0.2) is 4.92 Å². The van der Waals surface area contributed by atoms with E-state index in [9.17, 15) is 10.1 Å². The quantitative estimate of drug-likeness (QED) is 0.677. The van der Waals surface area contributed by atoms with Crippen LogP contribution in [0.3, 0.4) is 0 Å². The van der Waals surface area contributed by atoms with E-state index in [4.69, 9.17) is 5.26 Å². The van der Waals surface area contributed by atoms with E-state index in [1.165, 1.54) is 18.2 Å². The first kappa shape index (κ1) is 13.6. The molecule has 5 nitrogen and oxygen atoms in total. The molecule has 0 aliphatic carbocycles. The Labute approximate surface area is 116 Å². The number of anilines is 2. The molecule has 0 spiro atoms. The van der Waals surface area contributed by atoms with Gasteiger partial charge in [-0.15, -0.1) is 0 Å². The molecule has 5 heteroatoms. The molecule has 0 fully saturated rings. The van der Waals surface area contributed by atoms with Crippen LogP contribution < -0.4 is 5.32 Å². The van der Waals surface area contributed by atoms with Crippen molar-refractivity contribution in [1.82, 2.24) is 0 Å². The molecule has 0 radical (unpaired) electrons. The monoisotopic (exact) mass is 267 g/mol. The fourth-order valence-corrected chi connectivity index (χ4v) is 2.07. The van der Waals surface area contributed by atoms with Gasteiger partial charge in [0.1, 0.15) is 5.69 Å². The van der Waals surface area contributed by atoms with Crippen molar-refractivity contribution in [2.24, 2.45) is 0 Å². The smallest absolute Gasteiger partial charge is 0.292 e. The SMILES string of the molecule is Cc1cc(C)cc(Nc2cc(C#N)ccc2[N+](=O)[O-])c1. The van der Waals surface area contributed by atoms with Gasteiger partial charge >= 0.3 is 0 Å². The normalized spacial score (nSPS) is 9.85. The zero-order chi connectivity index (χ0) is 14.7. The standard InChI is InChI=1S/C15H13N3O2/c1-10-5-11(2)7-13(6-10)17-14-8-12(9-16)3-4-15(14)18(19)20/h3-8,17H,1-2H3. The van der Waals surface area contributed by atoms with Crippen LogP contribution in [0.2, 0.25) is 0 Å². The van der Waals surface area contributed by atoms with Gasteiger partial charge in [-0.05, 0) is 49.2 Å². The van der Waals surface area contributed by atoms with E-state index in [1.54, 1.807) is 0 Å². The van der Waals surface area contributed by atoms with Crippen LogP contribution in [0, 0.1) is 35.3 Å². The Morgan fingerprint density at radius 2 is 1.80 bits per heavy atom. The second-order valence-corrected chi connectivity index (χ2v) is 4.60. The Morgan fingerprint density at radius 1 is 1.15 bits per heavy atom. The number of nitro benzene ring substituents is 1. The highest BCUT2D eigenvalue weighted by Crippen LogP contribution is 2.29. The van der Waals surface area contributed by atoms with Crippen molar-refractivity contribution < 1.29 is 4.92 Å². The van der Waals surface area contributed by atoms with Gasteiger partial charge in [0, 0.05) is 11.8 Å². The molecule has 0 aromatic heterocycles. The largest absolute Gasteiger partial charge is 0.350 e. The van der Waals surface area contributed by atoms with Gasteiger partial charge in [-0.25, -0.2) is 0 Å². The number of hydrogen-bond donors (Lipinski definition) is 1. The molecule has 0 amide bonds. The second-order valence-electron chi connectivity index (χ2n) is 4.60. The molecular formula is C15H13N3O2. The van der Waals surface area contributed by atoms with E-state index in [0.29, 0.717) is 11.3 Å². The summed E-state index contributed by atoms with van der Waals surface area (Å²) in [5.74, 6) is 0. The highest BCUT2D eigenvalue weighted by atomic mass is 16.6. The van der Waals surface area contributed by atoms with Crippen LogP contribution >= 0.6 is 0 Å². The summed E-state index contributed by atoms with van der Waals surface area (Å²) in [5, 5.41) is 22.9. The topological polar surface area (TPSA) is 79.0 Å². The number of hydrogen-bond acceptors (Lipinski definition) is 4. The third kappa shape index (κ3) is 2.93. The highest BCUT2D eigenvalue weighted by molar-refractivity contribution is 5.71. The van der Waals surface area contributed by atoms with Gasteiger partial charge in [-0.3, -0.25) is 10.1 Å². The van der Waals surface area contributed by atoms with Crippen LogP contribution in [0.4, 0.5) is 17.1 Å². The lowest BCUT2D eigenvalue weighted by Crippen LogP contribution is -1.98. The number of rotatable bonds is 3. The van der Waals surface area contributed by atoms with Crippen molar-refractivity contribution in [3.8, 4) is 6.07 Å². The van der Waals surface area contributed by atoms with Gasteiger partial charge in [-0.1, -0.05) is 6.07 Å². The first-order valence-corrected chi connectivity index (χ1v) is 6.03. The molecule has 0 bridgehead atoms. The first-order chi connectivity index (χ1) is 9.49. The molecule has 0 aliphatic rings. The molecule has 0 atom stereocenters. The molecule has 20 heavy (non-hydrogen) atoms. The highest BCUT2D eigenvalue weighted by Gasteiger charge is 2.14. The summed E-state index contributed by atoms with van der Waals surface area (Å²) in [4.78, 5) is 10.6. The van der Waals surface area contributed by atoms with E-state index >= 15 is 0 Å². The van der Waals surface area contributed by atoms with Crippen molar-refractivity contribution in [2.75, 3.05) is 5.32 Å². The summed E-state index contributed by atoms with van der Waals surface area (Å²) in [5.41, 5.74) is 3.53. The summed E-state index contributed by atoms with van der Waals surface area (Å²) in [6.45, 7) is 3.91. The predicted octanol–water partition coefficient (Wildman–Crippen LogP) is 3.83. The summed E-state index contributed by atoms with van der Waals surface area (Å²) in [6.07, 6.45) is 0. The molecule has 0 aliphatic heterocycles.